The normalized spacial score (nSPS) is 21.0. The Morgan fingerprint density at radius 3 is 2.23 bits per heavy atom. The van der Waals surface area contributed by atoms with Crippen molar-refractivity contribution >= 4 is 5.91 Å². The molecule has 1 spiro atoms. The molecule has 1 unspecified atom stereocenters. The van der Waals surface area contributed by atoms with Gasteiger partial charge in [-0.1, -0.05) is 76.4 Å². The Hall–Kier alpha value is -2.33. The van der Waals surface area contributed by atoms with Crippen LogP contribution in [0.5, 0.6) is 5.75 Å². The van der Waals surface area contributed by atoms with Gasteiger partial charge in [0.2, 0.25) is 5.91 Å². The van der Waals surface area contributed by atoms with Gasteiger partial charge in [-0.25, -0.2) is 0 Å². The molecule has 166 valence electrons. The Bertz CT molecular complexity index is 890. The first-order valence-corrected chi connectivity index (χ1v) is 11.6. The van der Waals surface area contributed by atoms with Crippen LogP contribution in [0.15, 0.2) is 48.5 Å². The van der Waals surface area contributed by atoms with Gasteiger partial charge in [-0.2, -0.15) is 0 Å². The minimum atomic E-state index is -0.383. The molecule has 1 aliphatic carbocycles. The first-order chi connectivity index (χ1) is 14.8. The van der Waals surface area contributed by atoms with E-state index in [9.17, 15) is 4.79 Å². The highest BCUT2D eigenvalue weighted by molar-refractivity contribution is 5.89. The molecule has 1 saturated carbocycles. The number of hydrogen-bond acceptors (Lipinski definition) is 3. The van der Waals surface area contributed by atoms with Gasteiger partial charge in [0.15, 0.2) is 0 Å². The van der Waals surface area contributed by atoms with Crippen LogP contribution in [0.3, 0.4) is 0 Å². The lowest BCUT2D eigenvalue weighted by Crippen LogP contribution is -2.48. The van der Waals surface area contributed by atoms with Crippen LogP contribution in [0.1, 0.15) is 75.7 Å². The predicted molar refractivity (Wildman–Crippen MR) is 125 cm³/mol. The van der Waals surface area contributed by atoms with E-state index in [0.717, 1.165) is 37.9 Å². The van der Waals surface area contributed by atoms with Crippen molar-refractivity contribution in [2.24, 2.45) is 0 Å². The average molecular weight is 421 g/mol. The molecule has 1 heterocycles. The number of rotatable bonds is 5. The van der Waals surface area contributed by atoms with Crippen LogP contribution in [-0.4, -0.2) is 30.0 Å². The highest BCUT2D eigenvalue weighted by Gasteiger charge is 2.51. The van der Waals surface area contributed by atoms with E-state index in [1.807, 2.05) is 12.1 Å². The number of carbonyl (C=O) groups is 1. The molecule has 2 fully saturated rings. The third-order valence-electron chi connectivity index (χ3n) is 6.99. The van der Waals surface area contributed by atoms with Crippen molar-refractivity contribution in [3.05, 3.63) is 65.2 Å². The van der Waals surface area contributed by atoms with Gasteiger partial charge in [-0.15, -0.1) is 0 Å². The number of nitrogens with one attached hydrogen (secondary N) is 1. The van der Waals surface area contributed by atoms with E-state index < -0.39 is 0 Å². The Labute approximate surface area is 187 Å². The molecule has 1 N–H and O–H groups in total. The van der Waals surface area contributed by atoms with Crippen LogP contribution in [0.25, 0.3) is 0 Å². The highest BCUT2D eigenvalue weighted by Crippen LogP contribution is 2.40. The molecule has 1 amide bonds. The van der Waals surface area contributed by atoms with Crippen molar-refractivity contribution in [1.82, 2.24) is 10.2 Å². The maximum atomic E-state index is 13.7. The van der Waals surface area contributed by atoms with Gasteiger partial charge in [0.05, 0.1) is 12.6 Å². The molecule has 4 rings (SSSR count). The highest BCUT2D eigenvalue weighted by atomic mass is 16.5. The molecule has 31 heavy (non-hydrogen) atoms. The molecule has 2 aliphatic rings. The lowest BCUT2D eigenvalue weighted by atomic mass is 9.81. The van der Waals surface area contributed by atoms with Gasteiger partial charge in [0.1, 0.15) is 11.9 Å². The zero-order chi connectivity index (χ0) is 22.1. The van der Waals surface area contributed by atoms with Crippen molar-refractivity contribution in [3.63, 3.8) is 0 Å². The van der Waals surface area contributed by atoms with Crippen LogP contribution in [0, 0.1) is 0 Å². The van der Waals surface area contributed by atoms with Gasteiger partial charge in [0.25, 0.3) is 0 Å². The molecule has 1 atom stereocenters. The van der Waals surface area contributed by atoms with Crippen molar-refractivity contribution in [2.75, 3.05) is 13.7 Å². The molecular weight excluding hydrogens is 384 g/mol. The number of carbonyl (C=O) groups excluding carboxylic acids is 1. The van der Waals surface area contributed by atoms with E-state index >= 15 is 0 Å². The lowest BCUT2D eigenvalue weighted by Gasteiger charge is -2.31. The van der Waals surface area contributed by atoms with Gasteiger partial charge >= 0.3 is 0 Å². The summed E-state index contributed by atoms with van der Waals surface area (Å²) in [6, 6.07) is 17.0. The predicted octanol–water partition coefficient (Wildman–Crippen LogP) is 5.37. The first kappa shape index (κ1) is 21.9. The SMILES string of the molecule is COc1ccc(CCN2C(=O)C3(CCCCC3)NC2c2ccc(C(C)(C)C)cc2)cc1. The second-order valence-corrected chi connectivity index (χ2v) is 10.2. The summed E-state index contributed by atoms with van der Waals surface area (Å²) in [5.74, 6) is 1.14. The maximum absolute atomic E-state index is 13.7. The van der Waals surface area contributed by atoms with Crippen molar-refractivity contribution in [3.8, 4) is 5.75 Å². The first-order valence-electron chi connectivity index (χ1n) is 11.6. The molecule has 2 aromatic carbocycles. The quantitative estimate of drug-likeness (QED) is 0.707. The third-order valence-corrected chi connectivity index (χ3v) is 6.99. The van der Waals surface area contributed by atoms with Gasteiger partial charge < -0.3 is 9.64 Å². The molecule has 1 saturated heterocycles. The monoisotopic (exact) mass is 420 g/mol. The molecular formula is C27H36N2O2. The van der Waals surface area contributed by atoms with Crippen LogP contribution < -0.4 is 10.1 Å². The number of benzene rings is 2. The zero-order valence-electron chi connectivity index (χ0n) is 19.4. The topological polar surface area (TPSA) is 41.6 Å². The molecule has 2 aromatic rings. The number of ether oxygens (including phenoxy) is 1. The number of amides is 1. The number of methoxy groups -OCH3 is 1. The zero-order valence-corrected chi connectivity index (χ0v) is 19.4. The smallest absolute Gasteiger partial charge is 0.244 e. The van der Waals surface area contributed by atoms with Crippen molar-refractivity contribution < 1.29 is 9.53 Å². The van der Waals surface area contributed by atoms with E-state index in [0.29, 0.717) is 6.54 Å². The number of hydrogen-bond donors (Lipinski definition) is 1. The fourth-order valence-electron chi connectivity index (χ4n) is 5.01. The van der Waals surface area contributed by atoms with Crippen molar-refractivity contribution in [1.29, 1.82) is 0 Å². The summed E-state index contributed by atoms with van der Waals surface area (Å²) >= 11 is 0. The summed E-state index contributed by atoms with van der Waals surface area (Å²) in [4.78, 5) is 15.7. The number of nitrogens with zero attached hydrogens (tertiary/aromatic N) is 1. The van der Waals surface area contributed by atoms with Crippen LogP contribution >= 0.6 is 0 Å². The summed E-state index contributed by atoms with van der Waals surface area (Å²) in [7, 11) is 1.68. The van der Waals surface area contributed by atoms with E-state index in [4.69, 9.17) is 4.74 Å². The minimum absolute atomic E-state index is 0.0575. The van der Waals surface area contributed by atoms with E-state index in [1.165, 1.54) is 23.1 Å². The van der Waals surface area contributed by atoms with Crippen LogP contribution in [0.2, 0.25) is 0 Å². The Kier molecular flexibility index (Phi) is 6.11. The molecule has 0 radical (unpaired) electrons. The van der Waals surface area contributed by atoms with Gasteiger partial charge in [-0.05, 0) is 53.5 Å². The second-order valence-electron chi connectivity index (χ2n) is 10.2. The van der Waals surface area contributed by atoms with E-state index in [1.54, 1.807) is 7.11 Å². The molecule has 4 nitrogen and oxygen atoms in total. The molecule has 0 aromatic heterocycles. The average Bonchev–Trinajstić information content (AvgIpc) is 3.04. The van der Waals surface area contributed by atoms with E-state index in [-0.39, 0.29) is 23.0 Å². The summed E-state index contributed by atoms with van der Waals surface area (Å²) in [6.45, 7) is 7.41. The molecule has 0 bridgehead atoms. The van der Waals surface area contributed by atoms with Crippen LogP contribution in [0.4, 0.5) is 0 Å². The van der Waals surface area contributed by atoms with E-state index in [2.05, 4.69) is 67.4 Å². The minimum Gasteiger partial charge on any atom is -0.497 e. The summed E-state index contributed by atoms with van der Waals surface area (Å²) in [5.41, 5.74) is 3.46. The summed E-state index contributed by atoms with van der Waals surface area (Å²) in [5, 5.41) is 3.79. The van der Waals surface area contributed by atoms with Crippen molar-refractivity contribution in [2.45, 2.75) is 76.4 Å². The molecule has 4 heteroatoms. The lowest BCUT2D eigenvalue weighted by molar-refractivity contribution is -0.134. The van der Waals surface area contributed by atoms with Crippen LogP contribution in [-0.2, 0) is 16.6 Å². The Morgan fingerprint density at radius 1 is 1.00 bits per heavy atom. The third kappa shape index (κ3) is 4.50. The Morgan fingerprint density at radius 2 is 1.65 bits per heavy atom. The molecule has 1 aliphatic heterocycles. The largest absolute Gasteiger partial charge is 0.497 e. The van der Waals surface area contributed by atoms with Gasteiger partial charge in [-0.3, -0.25) is 10.1 Å². The standard InChI is InChI=1S/C27H36N2O2/c1-26(2,3)22-12-10-21(11-13-22)24-28-27(17-6-5-7-18-27)25(30)29(24)19-16-20-8-14-23(31-4)15-9-20/h8-15,24,28H,5-7,16-19H2,1-4H3. The fourth-order valence-corrected chi connectivity index (χ4v) is 5.01. The maximum Gasteiger partial charge on any atom is 0.244 e. The summed E-state index contributed by atoms with van der Waals surface area (Å²) < 4.78 is 5.27. The fraction of sp³-hybridized carbons (Fsp3) is 0.519. The second kappa shape index (κ2) is 8.66. The van der Waals surface area contributed by atoms with Gasteiger partial charge in [0, 0.05) is 6.54 Å². The summed E-state index contributed by atoms with van der Waals surface area (Å²) in [6.07, 6.45) is 6.15. The Balaban J connectivity index is 1.58.